The number of carbonyl (C=O) groups is 1. The molecule has 0 fully saturated rings. The van der Waals surface area contributed by atoms with Crippen LogP contribution in [-0.2, 0) is 6.54 Å². The molecule has 0 bridgehead atoms. The van der Waals surface area contributed by atoms with Crippen molar-refractivity contribution in [2.75, 3.05) is 6.54 Å². The largest absolute Gasteiger partial charge is 0.388 e. The molecule has 2 aromatic rings. The Morgan fingerprint density at radius 3 is 2.60 bits per heavy atom. The smallest absolute Gasteiger partial charge is 0.315 e. The highest BCUT2D eigenvalue weighted by atomic mass is 16.3. The quantitative estimate of drug-likeness (QED) is 0.689. The maximum atomic E-state index is 12.0. The molecule has 2 amide bonds. The summed E-state index contributed by atoms with van der Waals surface area (Å²) in [6.07, 6.45) is 4.91. The lowest BCUT2D eigenvalue weighted by molar-refractivity contribution is 0.0349. The molecule has 136 valence electrons. The van der Waals surface area contributed by atoms with Crippen molar-refractivity contribution in [3.63, 3.8) is 0 Å². The van der Waals surface area contributed by atoms with E-state index in [9.17, 15) is 9.90 Å². The summed E-state index contributed by atoms with van der Waals surface area (Å²) in [5.74, 6) is 0. The number of rotatable bonds is 8. The number of carbonyl (C=O) groups excluding carboxylic acids is 1. The van der Waals surface area contributed by atoms with Crippen molar-refractivity contribution in [2.24, 2.45) is 0 Å². The Bertz CT molecular complexity index is 665. The fourth-order valence-corrected chi connectivity index (χ4v) is 2.54. The van der Waals surface area contributed by atoms with E-state index in [4.69, 9.17) is 0 Å². The topological polar surface area (TPSA) is 79.2 Å². The Labute approximate surface area is 149 Å². The zero-order valence-corrected chi connectivity index (χ0v) is 15.2. The molecule has 0 aliphatic rings. The second-order valence-electron chi connectivity index (χ2n) is 6.44. The van der Waals surface area contributed by atoms with Crippen LogP contribution < -0.4 is 10.6 Å². The molecule has 0 spiro atoms. The van der Waals surface area contributed by atoms with E-state index in [-0.39, 0.29) is 18.6 Å². The minimum atomic E-state index is -0.846. The van der Waals surface area contributed by atoms with E-state index >= 15 is 0 Å². The summed E-state index contributed by atoms with van der Waals surface area (Å²) in [5.41, 5.74) is 1.27. The van der Waals surface area contributed by atoms with Crippen molar-refractivity contribution in [3.8, 4) is 0 Å². The van der Waals surface area contributed by atoms with Gasteiger partial charge in [-0.3, -0.25) is 4.68 Å². The first-order valence-electron chi connectivity index (χ1n) is 8.79. The first-order chi connectivity index (χ1) is 12.0. The highest BCUT2D eigenvalue weighted by molar-refractivity contribution is 5.74. The molecule has 1 aromatic heterocycles. The minimum absolute atomic E-state index is 0.166. The van der Waals surface area contributed by atoms with E-state index in [0.717, 1.165) is 5.56 Å². The van der Waals surface area contributed by atoms with Crippen LogP contribution in [0.25, 0.3) is 0 Å². The summed E-state index contributed by atoms with van der Waals surface area (Å²) in [5, 5.41) is 20.2. The number of benzene rings is 1. The van der Waals surface area contributed by atoms with E-state index < -0.39 is 5.60 Å². The monoisotopic (exact) mass is 344 g/mol. The molecule has 1 aromatic carbocycles. The average Bonchev–Trinajstić information content (AvgIpc) is 3.09. The molecule has 1 atom stereocenters. The fraction of sp³-hybridized carbons (Fsp3) is 0.474. The lowest BCUT2D eigenvalue weighted by Gasteiger charge is -2.25. The summed E-state index contributed by atoms with van der Waals surface area (Å²) in [6.45, 7) is 6.67. The van der Waals surface area contributed by atoms with Crippen LogP contribution in [0.4, 0.5) is 4.79 Å². The number of aromatic nitrogens is 2. The van der Waals surface area contributed by atoms with Crippen LogP contribution in [-0.4, -0.2) is 33.1 Å². The molecule has 3 N–H and O–H groups in total. The highest BCUT2D eigenvalue weighted by Gasteiger charge is 2.23. The van der Waals surface area contributed by atoms with E-state index in [1.807, 2.05) is 49.8 Å². The molecule has 25 heavy (non-hydrogen) atoms. The zero-order chi connectivity index (χ0) is 18.3. The first kappa shape index (κ1) is 19.0. The van der Waals surface area contributed by atoms with Crippen molar-refractivity contribution in [3.05, 3.63) is 53.9 Å². The van der Waals surface area contributed by atoms with Crippen LogP contribution in [0, 0.1) is 0 Å². The lowest BCUT2D eigenvalue weighted by Crippen LogP contribution is -2.46. The maximum Gasteiger partial charge on any atom is 0.315 e. The second kappa shape index (κ2) is 8.67. The van der Waals surface area contributed by atoms with Crippen LogP contribution in [0.3, 0.4) is 0 Å². The summed E-state index contributed by atoms with van der Waals surface area (Å²) < 4.78 is 1.85. The average molecular weight is 344 g/mol. The summed E-state index contributed by atoms with van der Waals surface area (Å²) in [4.78, 5) is 12.0. The van der Waals surface area contributed by atoms with Gasteiger partial charge in [-0.05, 0) is 25.3 Å². The molecule has 0 saturated heterocycles. The van der Waals surface area contributed by atoms with Gasteiger partial charge in [0.05, 0.1) is 24.4 Å². The van der Waals surface area contributed by atoms with Gasteiger partial charge in [0.1, 0.15) is 0 Å². The lowest BCUT2D eigenvalue weighted by atomic mass is 9.98. The van der Waals surface area contributed by atoms with Gasteiger partial charge < -0.3 is 15.7 Å². The van der Waals surface area contributed by atoms with Crippen LogP contribution in [0.5, 0.6) is 0 Å². The van der Waals surface area contributed by atoms with Crippen molar-refractivity contribution < 1.29 is 9.90 Å². The Kier molecular flexibility index (Phi) is 6.58. The van der Waals surface area contributed by atoms with Crippen LogP contribution in [0.1, 0.15) is 50.8 Å². The third kappa shape index (κ3) is 5.60. The molecule has 0 aliphatic heterocycles. The van der Waals surface area contributed by atoms with Gasteiger partial charge >= 0.3 is 6.03 Å². The third-order valence-electron chi connectivity index (χ3n) is 4.58. The van der Waals surface area contributed by atoms with Crippen molar-refractivity contribution in [1.82, 2.24) is 20.4 Å². The predicted molar refractivity (Wildman–Crippen MR) is 98.3 cm³/mol. The van der Waals surface area contributed by atoms with Gasteiger partial charge in [-0.25, -0.2) is 4.79 Å². The Balaban J connectivity index is 1.86. The van der Waals surface area contributed by atoms with Crippen molar-refractivity contribution in [2.45, 2.75) is 51.8 Å². The molecular formula is C19H28N4O2. The van der Waals surface area contributed by atoms with Crippen LogP contribution in [0.2, 0.25) is 0 Å². The van der Waals surface area contributed by atoms with E-state index in [2.05, 4.69) is 27.9 Å². The molecule has 1 heterocycles. The molecule has 0 saturated carbocycles. The fourth-order valence-electron chi connectivity index (χ4n) is 2.54. The molecule has 0 radical (unpaired) electrons. The summed E-state index contributed by atoms with van der Waals surface area (Å²) in [6, 6.07) is 9.65. The molecular weight excluding hydrogens is 316 g/mol. The predicted octanol–water partition coefficient (Wildman–Crippen LogP) is 2.84. The van der Waals surface area contributed by atoms with Gasteiger partial charge in [-0.1, -0.05) is 44.2 Å². The van der Waals surface area contributed by atoms with Crippen LogP contribution in [0.15, 0.2) is 42.7 Å². The number of amides is 2. The number of hydrogen-bond acceptors (Lipinski definition) is 3. The number of nitrogens with zero attached hydrogens (tertiary/aromatic N) is 2. The standard InChI is InChI=1S/C19H28N4O2/c1-4-19(25,5-2)14-20-18(24)22-15(3)17-11-21-23(13-17)12-16-9-7-6-8-10-16/h6-11,13,15,25H,4-5,12,14H2,1-3H3,(H2,20,22,24). The number of hydrogen-bond donors (Lipinski definition) is 3. The first-order valence-corrected chi connectivity index (χ1v) is 8.79. The third-order valence-corrected chi connectivity index (χ3v) is 4.58. The Hall–Kier alpha value is -2.34. The number of aliphatic hydroxyl groups is 1. The highest BCUT2D eigenvalue weighted by Crippen LogP contribution is 2.14. The molecule has 0 aliphatic carbocycles. The maximum absolute atomic E-state index is 12.0. The van der Waals surface area contributed by atoms with Gasteiger partial charge in [0.15, 0.2) is 0 Å². The molecule has 6 heteroatoms. The molecule has 1 unspecified atom stereocenters. The van der Waals surface area contributed by atoms with Gasteiger partial charge in [-0.2, -0.15) is 5.10 Å². The molecule has 2 rings (SSSR count). The second-order valence-corrected chi connectivity index (χ2v) is 6.44. The van der Waals surface area contributed by atoms with Crippen molar-refractivity contribution >= 4 is 6.03 Å². The summed E-state index contributed by atoms with van der Waals surface area (Å²) >= 11 is 0. The summed E-state index contributed by atoms with van der Waals surface area (Å²) in [7, 11) is 0. The van der Waals surface area contributed by atoms with Crippen LogP contribution >= 0.6 is 0 Å². The Morgan fingerprint density at radius 1 is 1.28 bits per heavy atom. The SMILES string of the molecule is CCC(O)(CC)CNC(=O)NC(C)c1cnn(Cc2ccccc2)c1. The van der Waals surface area contributed by atoms with E-state index in [0.29, 0.717) is 19.4 Å². The number of urea groups is 1. The number of nitrogens with one attached hydrogen (secondary N) is 2. The van der Waals surface area contributed by atoms with Gasteiger partial charge in [0.25, 0.3) is 0 Å². The van der Waals surface area contributed by atoms with E-state index in [1.54, 1.807) is 6.20 Å². The Morgan fingerprint density at radius 2 is 1.96 bits per heavy atom. The normalized spacial score (nSPS) is 12.6. The van der Waals surface area contributed by atoms with Gasteiger partial charge in [-0.15, -0.1) is 0 Å². The van der Waals surface area contributed by atoms with Crippen molar-refractivity contribution in [1.29, 1.82) is 0 Å². The zero-order valence-electron chi connectivity index (χ0n) is 15.2. The van der Waals surface area contributed by atoms with Gasteiger partial charge in [0.2, 0.25) is 0 Å². The molecule has 6 nitrogen and oxygen atoms in total. The minimum Gasteiger partial charge on any atom is -0.388 e. The van der Waals surface area contributed by atoms with E-state index in [1.165, 1.54) is 5.56 Å². The van der Waals surface area contributed by atoms with Gasteiger partial charge in [0, 0.05) is 18.3 Å².